The second-order valence-corrected chi connectivity index (χ2v) is 5.64. The number of nitrogens with zero attached hydrogens (tertiary/aromatic N) is 2. The molecule has 128 valence electrons. The predicted molar refractivity (Wildman–Crippen MR) is 80.0 cm³/mol. The Morgan fingerprint density at radius 1 is 1.22 bits per heavy atom. The molecule has 0 bridgehead atoms. The van der Waals surface area contributed by atoms with E-state index in [9.17, 15) is 18.0 Å². The maximum atomic E-state index is 12.5. The molecule has 23 heavy (non-hydrogen) atoms. The van der Waals surface area contributed by atoms with E-state index in [-0.39, 0.29) is 12.3 Å². The summed E-state index contributed by atoms with van der Waals surface area (Å²) in [7, 11) is 1.72. The Morgan fingerprint density at radius 2 is 1.83 bits per heavy atom. The first kappa shape index (κ1) is 17.7. The van der Waals surface area contributed by atoms with E-state index in [4.69, 9.17) is 4.74 Å². The predicted octanol–water partition coefficient (Wildman–Crippen LogP) is 2.04. The summed E-state index contributed by atoms with van der Waals surface area (Å²) in [6, 6.07) is 4.74. The van der Waals surface area contributed by atoms with Gasteiger partial charge in [-0.25, -0.2) is 0 Å². The number of carbonyl (C=O) groups excluding carboxylic acids is 1. The smallest absolute Gasteiger partial charge is 0.379 e. The second-order valence-electron chi connectivity index (χ2n) is 5.64. The Morgan fingerprint density at radius 3 is 2.39 bits per heavy atom. The van der Waals surface area contributed by atoms with Gasteiger partial charge in [-0.15, -0.1) is 0 Å². The van der Waals surface area contributed by atoms with Crippen LogP contribution in [0.15, 0.2) is 24.3 Å². The number of rotatable bonds is 5. The maximum Gasteiger partial charge on any atom is 0.416 e. The molecule has 4 nitrogen and oxygen atoms in total. The first-order valence-corrected chi connectivity index (χ1v) is 7.56. The van der Waals surface area contributed by atoms with Crippen LogP contribution in [-0.4, -0.2) is 62.1 Å². The molecule has 1 fully saturated rings. The van der Waals surface area contributed by atoms with Crippen molar-refractivity contribution in [1.29, 1.82) is 0 Å². The Kier molecular flexibility index (Phi) is 6.01. The molecule has 1 aromatic carbocycles. The fraction of sp³-hybridized carbons (Fsp3) is 0.562. The fourth-order valence-electron chi connectivity index (χ4n) is 2.36. The molecule has 1 aliphatic rings. The Hall–Kier alpha value is -1.60. The van der Waals surface area contributed by atoms with Gasteiger partial charge in [0.2, 0.25) is 5.91 Å². The van der Waals surface area contributed by atoms with E-state index in [2.05, 4.69) is 4.90 Å². The molecule has 0 atom stereocenters. The van der Waals surface area contributed by atoms with Gasteiger partial charge < -0.3 is 9.64 Å². The van der Waals surface area contributed by atoms with Crippen LogP contribution in [-0.2, 0) is 22.1 Å². The average Bonchev–Trinajstić information content (AvgIpc) is 2.53. The van der Waals surface area contributed by atoms with Crippen LogP contribution in [0.1, 0.15) is 11.1 Å². The van der Waals surface area contributed by atoms with Crippen LogP contribution in [0.5, 0.6) is 0 Å². The molecule has 7 heteroatoms. The third-order valence-electron chi connectivity index (χ3n) is 3.92. The molecule has 1 heterocycles. The monoisotopic (exact) mass is 330 g/mol. The molecule has 2 rings (SSSR count). The summed E-state index contributed by atoms with van der Waals surface area (Å²) in [5, 5.41) is 0. The number of ether oxygens (including phenoxy) is 1. The van der Waals surface area contributed by atoms with Crippen LogP contribution in [0.3, 0.4) is 0 Å². The number of alkyl halides is 3. The number of morpholine rings is 1. The second kappa shape index (κ2) is 7.79. The SMILES string of the molecule is CN(CCN1CCOCC1)C(=O)Cc1ccc(C(F)(F)F)cc1. The minimum Gasteiger partial charge on any atom is -0.379 e. The lowest BCUT2D eigenvalue weighted by Crippen LogP contribution is -2.42. The van der Waals surface area contributed by atoms with E-state index >= 15 is 0 Å². The van der Waals surface area contributed by atoms with Gasteiger partial charge in [-0.05, 0) is 17.7 Å². The molecular weight excluding hydrogens is 309 g/mol. The largest absolute Gasteiger partial charge is 0.416 e. The molecule has 0 spiro atoms. The molecule has 0 N–H and O–H groups in total. The number of hydrogen-bond donors (Lipinski definition) is 0. The van der Waals surface area contributed by atoms with Crippen molar-refractivity contribution in [2.75, 3.05) is 46.4 Å². The lowest BCUT2D eigenvalue weighted by atomic mass is 10.1. The summed E-state index contributed by atoms with van der Waals surface area (Å²) in [5.74, 6) is -0.0991. The number of likely N-dealkylation sites (N-methyl/N-ethyl adjacent to an activating group) is 1. The molecule has 1 amide bonds. The first-order chi connectivity index (χ1) is 10.9. The van der Waals surface area contributed by atoms with Crippen molar-refractivity contribution in [3.63, 3.8) is 0 Å². The van der Waals surface area contributed by atoms with Crippen LogP contribution in [0.4, 0.5) is 13.2 Å². The maximum absolute atomic E-state index is 12.5. The average molecular weight is 330 g/mol. The topological polar surface area (TPSA) is 32.8 Å². The molecular formula is C16H21F3N2O2. The number of hydrogen-bond acceptors (Lipinski definition) is 3. The summed E-state index contributed by atoms with van der Waals surface area (Å²) in [5.41, 5.74) is -0.115. The van der Waals surface area contributed by atoms with Gasteiger partial charge in [0.05, 0.1) is 25.2 Å². The first-order valence-electron chi connectivity index (χ1n) is 7.56. The van der Waals surface area contributed by atoms with Crippen molar-refractivity contribution >= 4 is 5.91 Å². The third kappa shape index (κ3) is 5.51. The van der Waals surface area contributed by atoms with Crippen molar-refractivity contribution < 1.29 is 22.7 Å². The van der Waals surface area contributed by atoms with Crippen LogP contribution < -0.4 is 0 Å². The van der Waals surface area contributed by atoms with E-state index in [1.807, 2.05) is 0 Å². The summed E-state index contributed by atoms with van der Waals surface area (Å²) >= 11 is 0. The van der Waals surface area contributed by atoms with Crippen LogP contribution in [0, 0.1) is 0 Å². The zero-order valence-electron chi connectivity index (χ0n) is 13.1. The van der Waals surface area contributed by atoms with Crippen molar-refractivity contribution in [3.8, 4) is 0 Å². The highest BCUT2D eigenvalue weighted by Crippen LogP contribution is 2.29. The third-order valence-corrected chi connectivity index (χ3v) is 3.92. The summed E-state index contributed by atoms with van der Waals surface area (Å²) in [4.78, 5) is 16.0. The van der Waals surface area contributed by atoms with Crippen LogP contribution in [0.25, 0.3) is 0 Å². The van der Waals surface area contributed by atoms with Gasteiger partial charge in [-0.2, -0.15) is 13.2 Å². The lowest BCUT2D eigenvalue weighted by Gasteiger charge is -2.28. The van der Waals surface area contributed by atoms with Gasteiger partial charge in [0.15, 0.2) is 0 Å². The standard InChI is InChI=1S/C16H21F3N2O2/c1-20(6-7-21-8-10-23-11-9-21)15(22)12-13-2-4-14(5-3-13)16(17,18)19/h2-5H,6-12H2,1H3. The normalized spacial score (nSPS) is 16.3. The minimum absolute atomic E-state index is 0.0991. The molecule has 0 unspecified atom stereocenters. The number of carbonyl (C=O) groups is 1. The highest BCUT2D eigenvalue weighted by atomic mass is 19.4. The zero-order chi connectivity index (χ0) is 16.9. The summed E-state index contributed by atoms with van der Waals surface area (Å²) in [6.07, 6.45) is -4.24. The molecule has 1 aliphatic heterocycles. The minimum atomic E-state index is -4.35. The van der Waals surface area contributed by atoms with Gasteiger partial charge in [0, 0.05) is 33.2 Å². The van der Waals surface area contributed by atoms with Crippen molar-refractivity contribution in [1.82, 2.24) is 9.80 Å². The number of benzene rings is 1. The van der Waals surface area contributed by atoms with Crippen molar-refractivity contribution in [3.05, 3.63) is 35.4 Å². The molecule has 1 aromatic rings. The highest BCUT2D eigenvalue weighted by Gasteiger charge is 2.30. The molecule has 0 aromatic heterocycles. The van der Waals surface area contributed by atoms with Crippen LogP contribution in [0.2, 0.25) is 0 Å². The van der Waals surface area contributed by atoms with Crippen LogP contribution >= 0.6 is 0 Å². The van der Waals surface area contributed by atoms with E-state index in [0.29, 0.717) is 25.3 Å². The Labute approximate surface area is 133 Å². The van der Waals surface area contributed by atoms with Gasteiger partial charge in [-0.1, -0.05) is 12.1 Å². The molecule has 0 radical (unpaired) electrons. The zero-order valence-corrected chi connectivity index (χ0v) is 13.1. The van der Waals surface area contributed by atoms with Gasteiger partial charge in [0.25, 0.3) is 0 Å². The lowest BCUT2D eigenvalue weighted by molar-refractivity contribution is -0.137. The summed E-state index contributed by atoms with van der Waals surface area (Å²) < 4.78 is 42.8. The Balaban J connectivity index is 1.80. The molecule has 0 aliphatic carbocycles. The van der Waals surface area contributed by atoms with E-state index in [1.165, 1.54) is 12.1 Å². The Bertz CT molecular complexity index is 511. The molecule has 1 saturated heterocycles. The van der Waals surface area contributed by atoms with Crippen molar-refractivity contribution in [2.24, 2.45) is 0 Å². The summed E-state index contributed by atoms with van der Waals surface area (Å²) in [6.45, 7) is 4.52. The van der Waals surface area contributed by atoms with Gasteiger partial charge in [0.1, 0.15) is 0 Å². The fourth-order valence-corrected chi connectivity index (χ4v) is 2.36. The van der Waals surface area contributed by atoms with E-state index < -0.39 is 11.7 Å². The van der Waals surface area contributed by atoms with Gasteiger partial charge >= 0.3 is 6.18 Å². The quantitative estimate of drug-likeness (QED) is 0.828. The van der Waals surface area contributed by atoms with Gasteiger partial charge in [-0.3, -0.25) is 9.69 Å². The molecule has 0 saturated carbocycles. The number of amides is 1. The highest BCUT2D eigenvalue weighted by molar-refractivity contribution is 5.78. The van der Waals surface area contributed by atoms with E-state index in [1.54, 1.807) is 11.9 Å². The number of halogens is 3. The van der Waals surface area contributed by atoms with E-state index in [0.717, 1.165) is 31.8 Å². The van der Waals surface area contributed by atoms with Crippen molar-refractivity contribution in [2.45, 2.75) is 12.6 Å².